The van der Waals surface area contributed by atoms with Crippen LogP contribution in [0, 0.1) is 17.8 Å². The number of carbonyl (C=O) groups excluding carboxylic acids is 1. The van der Waals surface area contributed by atoms with Gasteiger partial charge in [0.1, 0.15) is 12.0 Å². The van der Waals surface area contributed by atoms with E-state index in [0.29, 0.717) is 18.8 Å². The first kappa shape index (κ1) is 22.0. The molecule has 1 heterocycles. The topological polar surface area (TPSA) is 44.8 Å². The van der Waals surface area contributed by atoms with Crippen molar-refractivity contribution in [3.63, 3.8) is 0 Å². The Morgan fingerprint density at radius 1 is 1.32 bits per heavy atom. The van der Waals surface area contributed by atoms with Crippen LogP contribution in [0.4, 0.5) is 0 Å². The minimum absolute atomic E-state index is 0.263. The van der Waals surface area contributed by atoms with E-state index in [1.54, 1.807) is 7.11 Å². The third-order valence-corrected chi connectivity index (χ3v) is 5.62. The van der Waals surface area contributed by atoms with Crippen molar-refractivity contribution in [3.05, 3.63) is 48.0 Å². The zero-order valence-electron chi connectivity index (χ0n) is 17.2. The van der Waals surface area contributed by atoms with Gasteiger partial charge in [0, 0.05) is 25.5 Å². The van der Waals surface area contributed by atoms with E-state index in [1.165, 1.54) is 25.7 Å². The highest BCUT2D eigenvalue weighted by molar-refractivity contribution is 5.54. The Hall–Kier alpha value is -2.25. The Balaban J connectivity index is 1.97. The van der Waals surface area contributed by atoms with Gasteiger partial charge in [0.25, 0.3) is 0 Å². The third kappa shape index (κ3) is 6.14. The first-order valence-corrected chi connectivity index (χ1v) is 9.98. The molecule has 0 amide bonds. The molecule has 0 bridgehead atoms. The molecule has 0 radical (unpaired) electrons. The Bertz CT molecular complexity index is 698. The molecule has 1 saturated carbocycles. The van der Waals surface area contributed by atoms with Crippen LogP contribution in [0.5, 0.6) is 0 Å². The lowest BCUT2D eigenvalue weighted by Crippen LogP contribution is -2.39. The maximum atomic E-state index is 10.9. The standard InChI is InChI=1S/C24H32O4/c1-19(12-13-23-21(3)27-18-28-23)9-7-8-15-24(26-4,17-20(2)14-16-25)22-10-5-6-11-22/h12-13,16,22H,1-2,5-6,8,10-11,14-15,17-18H2,3-4H3/b13-12-. The summed E-state index contributed by atoms with van der Waals surface area (Å²) in [6, 6.07) is 0. The predicted molar refractivity (Wildman–Crippen MR) is 111 cm³/mol. The fraction of sp³-hybridized carbons (Fsp3) is 0.542. The van der Waals surface area contributed by atoms with E-state index >= 15 is 0 Å². The van der Waals surface area contributed by atoms with Crippen molar-refractivity contribution in [2.24, 2.45) is 5.92 Å². The number of allylic oxidation sites excluding steroid dienone is 4. The van der Waals surface area contributed by atoms with Crippen molar-refractivity contribution >= 4 is 6.29 Å². The van der Waals surface area contributed by atoms with Gasteiger partial charge in [-0.15, -0.1) is 0 Å². The number of carbonyl (C=O) groups is 1. The Kier molecular flexibility index (Phi) is 8.60. The summed E-state index contributed by atoms with van der Waals surface area (Å²) in [5.74, 6) is 8.32. The predicted octanol–water partition coefficient (Wildman–Crippen LogP) is 5.23. The maximum Gasteiger partial charge on any atom is 0.230 e. The normalized spacial score (nSPS) is 18.9. The van der Waals surface area contributed by atoms with Gasteiger partial charge >= 0.3 is 0 Å². The van der Waals surface area contributed by atoms with Crippen LogP contribution in [0.15, 0.2) is 48.0 Å². The number of ether oxygens (including phenoxy) is 3. The molecule has 2 aliphatic rings. The van der Waals surface area contributed by atoms with Crippen LogP contribution in [-0.4, -0.2) is 25.8 Å². The summed E-state index contributed by atoms with van der Waals surface area (Å²) in [5.41, 5.74) is 1.39. The fourth-order valence-electron chi connectivity index (χ4n) is 4.03. The summed E-state index contributed by atoms with van der Waals surface area (Å²) in [5, 5.41) is 0. The summed E-state index contributed by atoms with van der Waals surface area (Å²) in [7, 11) is 1.78. The second-order valence-electron chi connectivity index (χ2n) is 7.54. The molecule has 0 aromatic heterocycles. The average Bonchev–Trinajstić information content (AvgIpc) is 3.35. The van der Waals surface area contributed by atoms with Gasteiger partial charge in [-0.2, -0.15) is 0 Å². The van der Waals surface area contributed by atoms with Crippen molar-refractivity contribution < 1.29 is 19.0 Å². The van der Waals surface area contributed by atoms with Crippen LogP contribution < -0.4 is 0 Å². The second-order valence-corrected chi connectivity index (χ2v) is 7.54. The first-order valence-electron chi connectivity index (χ1n) is 9.98. The molecule has 4 heteroatoms. The van der Waals surface area contributed by atoms with Crippen LogP contribution >= 0.6 is 0 Å². The van der Waals surface area contributed by atoms with E-state index < -0.39 is 0 Å². The van der Waals surface area contributed by atoms with E-state index in [4.69, 9.17) is 14.2 Å². The molecule has 1 aliphatic carbocycles. The Labute approximate surface area is 169 Å². The molecule has 1 unspecified atom stereocenters. The molecule has 4 nitrogen and oxygen atoms in total. The second kappa shape index (κ2) is 10.9. The lowest BCUT2D eigenvalue weighted by Gasteiger charge is -2.38. The molecule has 28 heavy (non-hydrogen) atoms. The number of rotatable bonds is 10. The van der Waals surface area contributed by atoms with Gasteiger partial charge in [-0.3, -0.25) is 0 Å². The summed E-state index contributed by atoms with van der Waals surface area (Å²) < 4.78 is 16.6. The quantitative estimate of drug-likeness (QED) is 0.224. The monoisotopic (exact) mass is 384 g/mol. The highest BCUT2D eigenvalue weighted by atomic mass is 16.7. The number of hydrogen-bond donors (Lipinski definition) is 0. The van der Waals surface area contributed by atoms with Crippen molar-refractivity contribution in [1.29, 1.82) is 0 Å². The van der Waals surface area contributed by atoms with Gasteiger partial charge in [0.2, 0.25) is 6.79 Å². The molecule has 0 saturated heterocycles. The molecule has 1 aliphatic heterocycles. The minimum Gasteiger partial charge on any atom is -0.458 e. The van der Waals surface area contributed by atoms with Crippen LogP contribution in [0.2, 0.25) is 0 Å². The summed E-state index contributed by atoms with van der Waals surface area (Å²) in [6.45, 7) is 10.2. The van der Waals surface area contributed by atoms with Crippen molar-refractivity contribution in [2.45, 2.75) is 63.9 Å². The lowest BCUT2D eigenvalue weighted by atomic mass is 9.77. The highest BCUT2D eigenvalue weighted by Gasteiger charge is 2.40. The molecule has 0 aromatic carbocycles. The van der Waals surface area contributed by atoms with Crippen molar-refractivity contribution in [2.75, 3.05) is 13.9 Å². The van der Waals surface area contributed by atoms with Gasteiger partial charge in [0.05, 0.1) is 5.60 Å². The zero-order chi connectivity index (χ0) is 20.4. The molecule has 1 fully saturated rings. The smallest absolute Gasteiger partial charge is 0.230 e. The van der Waals surface area contributed by atoms with Gasteiger partial charge < -0.3 is 19.0 Å². The molecular formula is C24H32O4. The number of aldehydes is 1. The first-order chi connectivity index (χ1) is 13.5. The van der Waals surface area contributed by atoms with Crippen molar-refractivity contribution in [3.8, 4) is 11.8 Å². The summed E-state index contributed by atoms with van der Waals surface area (Å²) >= 11 is 0. The molecule has 152 valence electrons. The molecule has 0 N–H and O–H groups in total. The highest BCUT2D eigenvalue weighted by Crippen LogP contribution is 2.42. The van der Waals surface area contributed by atoms with E-state index in [-0.39, 0.29) is 12.4 Å². The van der Waals surface area contributed by atoms with Crippen LogP contribution in [0.3, 0.4) is 0 Å². The number of hydrogen-bond acceptors (Lipinski definition) is 4. The Morgan fingerprint density at radius 2 is 2.07 bits per heavy atom. The largest absolute Gasteiger partial charge is 0.458 e. The number of methoxy groups -OCH3 is 1. The SMILES string of the molecule is C=C(C#CCCC(CC(=C)CC=O)(OC)C1CCCC1)/C=C\C1=C(C)OCO1. The molecular weight excluding hydrogens is 352 g/mol. The van der Waals surface area contributed by atoms with Crippen LogP contribution in [0.25, 0.3) is 0 Å². The van der Waals surface area contributed by atoms with Gasteiger partial charge in [-0.05, 0) is 50.7 Å². The summed E-state index contributed by atoms with van der Waals surface area (Å²) in [6.07, 6.45) is 12.1. The minimum atomic E-state index is -0.278. The van der Waals surface area contributed by atoms with E-state index in [1.807, 2.05) is 19.1 Å². The van der Waals surface area contributed by atoms with E-state index in [0.717, 1.165) is 41.8 Å². The van der Waals surface area contributed by atoms with Gasteiger partial charge in [-0.25, -0.2) is 0 Å². The molecule has 0 aromatic rings. The van der Waals surface area contributed by atoms with E-state index in [9.17, 15) is 4.79 Å². The molecule has 2 rings (SSSR count). The summed E-state index contributed by atoms with van der Waals surface area (Å²) in [4.78, 5) is 10.9. The lowest BCUT2D eigenvalue weighted by molar-refractivity contribution is -0.107. The fourth-order valence-corrected chi connectivity index (χ4v) is 4.03. The molecule has 1 atom stereocenters. The third-order valence-electron chi connectivity index (χ3n) is 5.62. The maximum absolute atomic E-state index is 10.9. The van der Waals surface area contributed by atoms with Crippen LogP contribution in [0.1, 0.15) is 58.3 Å². The molecule has 0 spiro atoms. The van der Waals surface area contributed by atoms with E-state index in [2.05, 4.69) is 25.0 Å². The van der Waals surface area contributed by atoms with Gasteiger partial charge in [-0.1, -0.05) is 43.4 Å². The average molecular weight is 385 g/mol. The van der Waals surface area contributed by atoms with Crippen LogP contribution in [-0.2, 0) is 19.0 Å². The van der Waals surface area contributed by atoms with Crippen molar-refractivity contribution in [1.82, 2.24) is 0 Å². The zero-order valence-corrected chi connectivity index (χ0v) is 17.2. The van der Waals surface area contributed by atoms with Gasteiger partial charge in [0.15, 0.2) is 5.76 Å². The Morgan fingerprint density at radius 3 is 2.68 bits per heavy atom.